The highest BCUT2D eigenvalue weighted by molar-refractivity contribution is 6.30. The number of nitrogens with zero attached hydrogens (tertiary/aromatic N) is 4. The Balaban J connectivity index is 1.44. The third-order valence-corrected chi connectivity index (χ3v) is 5.54. The largest absolute Gasteiger partial charge is 0.486 e. The zero-order valence-electron chi connectivity index (χ0n) is 16.3. The molecule has 0 radical (unpaired) electrons. The topological polar surface area (TPSA) is 43.2 Å². The first-order chi connectivity index (χ1) is 14.1. The average molecular weight is 415 g/mol. The van der Waals surface area contributed by atoms with E-state index in [0.29, 0.717) is 37.2 Å². The number of benzene rings is 2. The van der Waals surface area contributed by atoms with Gasteiger partial charge in [-0.25, -0.2) is 4.39 Å². The van der Waals surface area contributed by atoms with Crippen molar-refractivity contribution in [3.05, 3.63) is 71.0 Å². The molecule has 7 heteroatoms. The van der Waals surface area contributed by atoms with Gasteiger partial charge in [-0.2, -0.15) is 0 Å². The Hall–Kier alpha value is -2.60. The quantitative estimate of drug-likeness (QED) is 0.569. The first-order valence-corrected chi connectivity index (χ1v) is 10.2. The van der Waals surface area contributed by atoms with Gasteiger partial charge in [-0.1, -0.05) is 41.9 Å². The highest BCUT2D eigenvalue weighted by atomic mass is 35.5. The van der Waals surface area contributed by atoms with Crippen LogP contribution in [0.3, 0.4) is 0 Å². The highest BCUT2D eigenvalue weighted by Gasteiger charge is 2.35. The molecule has 3 aromatic rings. The predicted molar refractivity (Wildman–Crippen MR) is 112 cm³/mol. The van der Waals surface area contributed by atoms with Gasteiger partial charge in [0.25, 0.3) is 0 Å². The van der Waals surface area contributed by atoms with Crippen molar-refractivity contribution in [2.45, 2.75) is 32.7 Å². The predicted octanol–water partition coefficient (Wildman–Crippen LogP) is 4.55. The minimum absolute atomic E-state index is 0.0480. The molecule has 2 heterocycles. The molecule has 0 bridgehead atoms. The summed E-state index contributed by atoms with van der Waals surface area (Å²) in [5, 5.41) is 9.30. The van der Waals surface area contributed by atoms with Gasteiger partial charge in [-0.3, -0.25) is 4.57 Å². The molecule has 2 atom stereocenters. The number of anilines is 1. The molecular weight excluding hydrogens is 391 g/mol. The van der Waals surface area contributed by atoms with E-state index in [1.165, 1.54) is 0 Å². The van der Waals surface area contributed by atoms with E-state index >= 15 is 0 Å². The summed E-state index contributed by atoms with van der Waals surface area (Å²) in [4.78, 5) is 2.00. The van der Waals surface area contributed by atoms with Crippen molar-refractivity contribution in [1.29, 1.82) is 0 Å². The maximum atomic E-state index is 14.7. The van der Waals surface area contributed by atoms with Gasteiger partial charge in [0.2, 0.25) is 5.95 Å². The Bertz CT molecular complexity index is 932. The van der Waals surface area contributed by atoms with Crippen molar-refractivity contribution in [3.63, 3.8) is 0 Å². The fourth-order valence-corrected chi connectivity index (χ4v) is 3.90. The van der Waals surface area contributed by atoms with E-state index in [-0.39, 0.29) is 5.92 Å². The van der Waals surface area contributed by atoms with Gasteiger partial charge >= 0.3 is 0 Å². The normalized spacial score (nSPS) is 18.9. The number of hydrogen-bond acceptors (Lipinski definition) is 4. The van der Waals surface area contributed by atoms with Gasteiger partial charge in [0.1, 0.15) is 18.5 Å². The molecule has 0 amide bonds. The van der Waals surface area contributed by atoms with Crippen molar-refractivity contribution >= 4 is 17.5 Å². The molecule has 152 valence electrons. The third-order valence-electron chi connectivity index (χ3n) is 5.29. The van der Waals surface area contributed by atoms with Crippen LogP contribution in [-0.2, 0) is 19.6 Å². The molecule has 29 heavy (non-hydrogen) atoms. The summed E-state index contributed by atoms with van der Waals surface area (Å²) >= 11 is 5.91. The molecule has 1 saturated heterocycles. The Morgan fingerprint density at radius 1 is 1.07 bits per heavy atom. The Morgan fingerprint density at radius 2 is 1.83 bits per heavy atom. The molecule has 1 aromatic heterocycles. The minimum Gasteiger partial charge on any atom is -0.486 e. The van der Waals surface area contributed by atoms with Gasteiger partial charge in [0.15, 0.2) is 5.82 Å². The van der Waals surface area contributed by atoms with Crippen LogP contribution in [-0.4, -0.2) is 34.0 Å². The van der Waals surface area contributed by atoms with Crippen LogP contribution in [0, 0.1) is 5.92 Å². The fraction of sp³-hybridized carbons (Fsp3) is 0.364. The van der Waals surface area contributed by atoms with Crippen LogP contribution in [0.4, 0.5) is 10.3 Å². The first kappa shape index (κ1) is 19.7. The number of ether oxygens (including phenoxy) is 1. The van der Waals surface area contributed by atoms with Gasteiger partial charge in [-0.15, -0.1) is 10.2 Å². The minimum atomic E-state index is -0.883. The molecule has 1 aliphatic rings. The number of aromatic nitrogens is 3. The Labute approximate surface area is 175 Å². The lowest BCUT2D eigenvalue weighted by Crippen LogP contribution is -2.24. The maximum absolute atomic E-state index is 14.7. The monoisotopic (exact) mass is 414 g/mol. The van der Waals surface area contributed by atoms with Crippen molar-refractivity contribution in [1.82, 2.24) is 14.8 Å². The van der Waals surface area contributed by atoms with Gasteiger partial charge in [-0.05, 0) is 43.2 Å². The van der Waals surface area contributed by atoms with Crippen LogP contribution in [0.25, 0.3) is 0 Å². The molecule has 0 N–H and O–H groups in total. The standard InChI is InChI=1S/C22H24ClFN4O/c1-2-28-21(15-29-19-10-8-18(23)9-11-19)25-26-22(28)27-13-17(20(24)14-27)12-16-6-4-3-5-7-16/h3-11,17,20H,2,12-15H2,1H3/t17-,20+/m0/s1. The summed E-state index contributed by atoms with van der Waals surface area (Å²) in [7, 11) is 0. The van der Waals surface area contributed by atoms with Crippen molar-refractivity contribution in [2.24, 2.45) is 5.92 Å². The lowest BCUT2D eigenvalue weighted by Gasteiger charge is -2.18. The maximum Gasteiger partial charge on any atom is 0.227 e. The molecule has 0 aliphatic carbocycles. The zero-order chi connectivity index (χ0) is 20.2. The Morgan fingerprint density at radius 3 is 2.55 bits per heavy atom. The van der Waals surface area contributed by atoms with E-state index in [1.54, 1.807) is 12.1 Å². The van der Waals surface area contributed by atoms with Gasteiger partial charge in [0.05, 0.1) is 6.54 Å². The van der Waals surface area contributed by atoms with Crippen molar-refractivity contribution in [2.75, 3.05) is 18.0 Å². The van der Waals surface area contributed by atoms with E-state index in [2.05, 4.69) is 22.3 Å². The molecule has 5 nitrogen and oxygen atoms in total. The highest BCUT2D eigenvalue weighted by Crippen LogP contribution is 2.28. The molecule has 0 spiro atoms. The summed E-state index contributed by atoms with van der Waals surface area (Å²) in [6, 6.07) is 17.3. The SMILES string of the molecule is CCn1c(COc2ccc(Cl)cc2)nnc1N1C[C@H](Cc2ccccc2)[C@H](F)C1. The van der Waals surface area contributed by atoms with E-state index in [9.17, 15) is 4.39 Å². The van der Waals surface area contributed by atoms with Crippen LogP contribution >= 0.6 is 11.6 Å². The first-order valence-electron chi connectivity index (χ1n) is 9.87. The summed E-state index contributed by atoms with van der Waals surface area (Å²) in [5.41, 5.74) is 1.16. The van der Waals surface area contributed by atoms with Gasteiger partial charge in [0, 0.05) is 24.0 Å². The molecule has 2 aromatic carbocycles. The molecule has 0 unspecified atom stereocenters. The van der Waals surface area contributed by atoms with Crippen molar-refractivity contribution in [3.8, 4) is 5.75 Å². The number of hydrogen-bond donors (Lipinski definition) is 0. The van der Waals surface area contributed by atoms with E-state index in [0.717, 1.165) is 23.6 Å². The van der Waals surface area contributed by atoms with Crippen molar-refractivity contribution < 1.29 is 9.13 Å². The molecule has 4 rings (SSSR count). The van der Waals surface area contributed by atoms with Crippen LogP contribution in [0.1, 0.15) is 18.3 Å². The van der Waals surface area contributed by atoms with Crippen LogP contribution in [0.2, 0.25) is 5.02 Å². The average Bonchev–Trinajstić information content (AvgIpc) is 3.31. The van der Waals surface area contributed by atoms with E-state index < -0.39 is 6.17 Å². The molecule has 1 fully saturated rings. The number of halogens is 2. The van der Waals surface area contributed by atoms with Gasteiger partial charge < -0.3 is 9.64 Å². The summed E-state index contributed by atoms with van der Waals surface area (Å²) < 4.78 is 22.5. The second-order valence-electron chi connectivity index (χ2n) is 7.27. The second kappa shape index (κ2) is 8.82. The molecule has 1 aliphatic heterocycles. The fourth-order valence-electron chi connectivity index (χ4n) is 3.77. The molecule has 0 saturated carbocycles. The number of alkyl halides is 1. The second-order valence-corrected chi connectivity index (χ2v) is 7.71. The van der Waals surface area contributed by atoms with Crippen LogP contribution < -0.4 is 9.64 Å². The smallest absolute Gasteiger partial charge is 0.227 e. The molecular formula is C22H24ClFN4O. The lowest BCUT2D eigenvalue weighted by atomic mass is 9.97. The Kier molecular flexibility index (Phi) is 6.00. The third kappa shape index (κ3) is 4.53. The van der Waals surface area contributed by atoms with Crippen LogP contribution in [0.15, 0.2) is 54.6 Å². The summed E-state index contributed by atoms with van der Waals surface area (Å²) in [6.45, 7) is 3.99. The zero-order valence-corrected chi connectivity index (χ0v) is 17.1. The van der Waals surface area contributed by atoms with E-state index in [1.807, 2.05) is 46.7 Å². The van der Waals surface area contributed by atoms with Crippen LogP contribution in [0.5, 0.6) is 5.75 Å². The summed E-state index contributed by atoms with van der Waals surface area (Å²) in [5.74, 6) is 2.10. The summed E-state index contributed by atoms with van der Waals surface area (Å²) in [6.07, 6.45) is -0.156. The lowest BCUT2D eigenvalue weighted by molar-refractivity contribution is 0.283. The van der Waals surface area contributed by atoms with E-state index in [4.69, 9.17) is 16.3 Å². The number of rotatable bonds is 7.